The Bertz CT molecular complexity index is 1360. The van der Waals surface area contributed by atoms with Crippen molar-refractivity contribution < 1.29 is 23.9 Å². The second kappa shape index (κ2) is 17.0. The highest BCUT2D eigenvalue weighted by molar-refractivity contribution is 5.93. The second-order valence-electron chi connectivity index (χ2n) is 13.9. The number of nitrogens with zero attached hydrogens (tertiary/aromatic N) is 4. The zero-order valence-electron chi connectivity index (χ0n) is 29.4. The molecule has 2 aromatic carbocycles. The lowest BCUT2D eigenvalue weighted by Gasteiger charge is -2.39. The molecule has 2 aromatic rings. The summed E-state index contributed by atoms with van der Waals surface area (Å²) in [6.45, 7) is 8.14. The zero-order valence-corrected chi connectivity index (χ0v) is 29.4. The minimum absolute atomic E-state index is 0.0718. The van der Waals surface area contributed by atoms with Gasteiger partial charge in [0.1, 0.15) is 11.9 Å². The monoisotopic (exact) mass is 661 g/mol. The molecule has 0 radical (unpaired) electrons. The Hall–Kier alpha value is -3.79. The number of hydrogen-bond donors (Lipinski definition) is 1. The number of hydrazine groups is 1. The third-order valence-corrected chi connectivity index (χ3v) is 10.3. The summed E-state index contributed by atoms with van der Waals surface area (Å²) in [6, 6.07) is 15.5. The number of ether oxygens (including phenoxy) is 2. The largest absolute Gasteiger partial charge is 0.494 e. The third kappa shape index (κ3) is 9.21. The van der Waals surface area contributed by atoms with Crippen LogP contribution in [0.4, 0.5) is 16.2 Å². The van der Waals surface area contributed by atoms with Crippen molar-refractivity contribution in [2.24, 2.45) is 11.8 Å². The number of carbonyl (C=O) groups is 3. The second-order valence-corrected chi connectivity index (χ2v) is 13.9. The van der Waals surface area contributed by atoms with Gasteiger partial charge in [0.25, 0.3) is 0 Å². The standard InChI is InChI=1S/C38H55N5O5/c1-5-42(32-18-10-7-11-19-32)38(46)39-43-27-41(26-36(45)48-37-28(2)14-12-15-29(37)3)25-30-24-33(21-22-34(30)43)47-23-13-20-35(44)40(4)31-16-8-6-9-17-31/h7,10-11,18-19,21-22,24,28-29,31,37H,5-6,8-9,12-17,20,23,25-27H2,1-4H3,(H,39,46). The number of anilines is 2. The van der Waals surface area contributed by atoms with Gasteiger partial charge in [0, 0.05) is 38.3 Å². The van der Waals surface area contributed by atoms with Gasteiger partial charge in [-0.2, -0.15) is 0 Å². The molecule has 2 fully saturated rings. The fourth-order valence-corrected chi connectivity index (χ4v) is 7.55. The van der Waals surface area contributed by atoms with Gasteiger partial charge in [0.05, 0.1) is 25.5 Å². The van der Waals surface area contributed by atoms with Gasteiger partial charge in [0.15, 0.2) is 0 Å². The number of hydrogen-bond acceptors (Lipinski definition) is 7. The van der Waals surface area contributed by atoms with Gasteiger partial charge in [-0.15, -0.1) is 0 Å². The van der Waals surface area contributed by atoms with Crippen molar-refractivity contribution in [3.8, 4) is 5.75 Å². The average molecular weight is 662 g/mol. The van der Waals surface area contributed by atoms with Crippen LogP contribution in [0.3, 0.4) is 0 Å². The van der Waals surface area contributed by atoms with E-state index >= 15 is 0 Å². The first kappa shape index (κ1) is 35.5. The van der Waals surface area contributed by atoms with Crippen LogP contribution in [0.1, 0.15) is 90.5 Å². The summed E-state index contributed by atoms with van der Waals surface area (Å²) < 4.78 is 12.2. The molecule has 0 spiro atoms. The molecule has 0 bridgehead atoms. The highest BCUT2D eigenvalue weighted by Crippen LogP contribution is 2.33. The predicted molar refractivity (Wildman–Crippen MR) is 189 cm³/mol. The SMILES string of the molecule is CCN(C(=O)NN1CN(CC(=O)OC2C(C)CCCC2C)Cc2cc(OCCCC(=O)N(C)C3CCCCC3)ccc21)c1ccccc1. The Labute approximate surface area is 286 Å². The van der Waals surface area contributed by atoms with Crippen LogP contribution in [-0.4, -0.2) is 73.3 Å². The zero-order chi connectivity index (χ0) is 34.0. The molecule has 5 rings (SSSR count). The van der Waals surface area contributed by atoms with Crippen LogP contribution < -0.4 is 20.1 Å². The van der Waals surface area contributed by atoms with Gasteiger partial charge in [-0.05, 0) is 86.8 Å². The molecular weight excluding hydrogens is 606 g/mol. The Morgan fingerprint density at radius 3 is 2.38 bits per heavy atom. The maximum absolute atomic E-state index is 13.6. The Kier molecular flexibility index (Phi) is 12.6. The minimum Gasteiger partial charge on any atom is -0.494 e. The first-order valence-electron chi connectivity index (χ1n) is 18.1. The fourth-order valence-electron chi connectivity index (χ4n) is 7.55. The maximum Gasteiger partial charge on any atom is 0.340 e. The maximum atomic E-state index is 13.6. The molecule has 262 valence electrons. The number of esters is 1. The van der Waals surface area contributed by atoms with Crippen molar-refractivity contribution in [3.05, 3.63) is 54.1 Å². The normalized spacial score (nSPS) is 21.6. The number of benzene rings is 2. The van der Waals surface area contributed by atoms with E-state index < -0.39 is 0 Å². The lowest BCUT2D eigenvalue weighted by molar-refractivity contribution is -0.158. The molecule has 10 heteroatoms. The molecule has 10 nitrogen and oxygen atoms in total. The van der Waals surface area contributed by atoms with Crippen molar-refractivity contribution in [2.75, 3.05) is 43.3 Å². The molecule has 3 aliphatic rings. The van der Waals surface area contributed by atoms with Crippen molar-refractivity contribution >= 4 is 29.3 Å². The Morgan fingerprint density at radius 2 is 1.67 bits per heavy atom. The summed E-state index contributed by atoms with van der Waals surface area (Å²) in [6.07, 6.45) is 10.2. The van der Waals surface area contributed by atoms with E-state index in [0.717, 1.165) is 42.6 Å². The summed E-state index contributed by atoms with van der Waals surface area (Å²) in [5.41, 5.74) is 5.68. The molecule has 0 saturated heterocycles. The van der Waals surface area contributed by atoms with Crippen LogP contribution in [0.5, 0.6) is 5.75 Å². The van der Waals surface area contributed by atoms with E-state index in [9.17, 15) is 14.4 Å². The van der Waals surface area contributed by atoms with E-state index in [1.165, 1.54) is 25.7 Å². The Morgan fingerprint density at radius 1 is 0.938 bits per heavy atom. The van der Waals surface area contributed by atoms with E-state index in [1.54, 1.807) is 9.91 Å². The molecule has 1 aliphatic heterocycles. The number of fused-ring (bicyclic) bond motifs is 1. The summed E-state index contributed by atoms with van der Waals surface area (Å²) >= 11 is 0. The molecule has 1 N–H and O–H groups in total. The highest BCUT2D eigenvalue weighted by Gasteiger charge is 2.33. The van der Waals surface area contributed by atoms with Crippen LogP contribution in [0.15, 0.2) is 48.5 Å². The summed E-state index contributed by atoms with van der Waals surface area (Å²) in [4.78, 5) is 45.2. The van der Waals surface area contributed by atoms with Crippen LogP contribution in [0.2, 0.25) is 0 Å². The highest BCUT2D eigenvalue weighted by atomic mass is 16.5. The number of para-hydroxylation sites is 1. The smallest absolute Gasteiger partial charge is 0.340 e. The van der Waals surface area contributed by atoms with Crippen LogP contribution in [-0.2, 0) is 20.9 Å². The van der Waals surface area contributed by atoms with Gasteiger partial charge >= 0.3 is 12.0 Å². The van der Waals surface area contributed by atoms with Gasteiger partial charge in [-0.1, -0.05) is 57.7 Å². The molecule has 1 heterocycles. The summed E-state index contributed by atoms with van der Waals surface area (Å²) in [5.74, 6) is 1.32. The van der Waals surface area contributed by atoms with Gasteiger partial charge in [0.2, 0.25) is 5.91 Å². The lowest BCUT2D eigenvalue weighted by atomic mass is 9.80. The predicted octanol–water partition coefficient (Wildman–Crippen LogP) is 6.74. The van der Waals surface area contributed by atoms with Gasteiger partial charge in [-0.25, -0.2) is 10.2 Å². The molecule has 2 aliphatic carbocycles. The van der Waals surface area contributed by atoms with Crippen LogP contribution >= 0.6 is 0 Å². The third-order valence-electron chi connectivity index (χ3n) is 10.3. The fraction of sp³-hybridized carbons (Fsp3) is 0.605. The van der Waals surface area contributed by atoms with E-state index in [4.69, 9.17) is 9.47 Å². The molecule has 2 saturated carbocycles. The van der Waals surface area contributed by atoms with Gasteiger partial charge in [-0.3, -0.25) is 24.4 Å². The summed E-state index contributed by atoms with van der Waals surface area (Å²) in [5, 5.41) is 1.80. The number of rotatable bonds is 12. The van der Waals surface area contributed by atoms with Crippen LogP contribution in [0, 0.1) is 11.8 Å². The first-order valence-corrected chi connectivity index (χ1v) is 18.1. The van der Waals surface area contributed by atoms with E-state index in [1.807, 2.05) is 72.3 Å². The molecule has 3 amide bonds. The van der Waals surface area contributed by atoms with Gasteiger partial charge < -0.3 is 14.4 Å². The number of carbonyl (C=O) groups excluding carboxylic acids is 3. The minimum atomic E-state index is -0.257. The van der Waals surface area contributed by atoms with E-state index in [2.05, 4.69) is 19.3 Å². The van der Waals surface area contributed by atoms with E-state index in [-0.39, 0.29) is 30.6 Å². The van der Waals surface area contributed by atoms with E-state index in [0.29, 0.717) is 62.8 Å². The number of nitrogens with one attached hydrogen (secondary N) is 1. The number of amides is 3. The molecule has 2 unspecified atom stereocenters. The quantitative estimate of drug-likeness (QED) is 0.199. The molecule has 48 heavy (non-hydrogen) atoms. The van der Waals surface area contributed by atoms with Crippen molar-refractivity contribution in [1.29, 1.82) is 0 Å². The molecular formula is C38H55N5O5. The summed E-state index contributed by atoms with van der Waals surface area (Å²) in [7, 11) is 1.94. The first-order chi connectivity index (χ1) is 23.2. The topological polar surface area (TPSA) is 94.7 Å². The Balaban J connectivity index is 1.24. The lowest BCUT2D eigenvalue weighted by Crippen LogP contribution is -2.56. The van der Waals surface area contributed by atoms with Crippen molar-refractivity contribution in [1.82, 2.24) is 15.2 Å². The molecule has 0 aromatic heterocycles. The van der Waals surface area contributed by atoms with Crippen molar-refractivity contribution in [3.63, 3.8) is 0 Å². The number of urea groups is 1. The average Bonchev–Trinajstić information content (AvgIpc) is 3.09. The van der Waals surface area contributed by atoms with Crippen LogP contribution in [0.25, 0.3) is 0 Å². The molecule has 2 atom stereocenters. The van der Waals surface area contributed by atoms with Crippen molar-refractivity contribution in [2.45, 2.75) is 104 Å².